The van der Waals surface area contributed by atoms with Crippen LogP contribution in [0.3, 0.4) is 0 Å². The van der Waals surface area contributed by atoms with Crippen LogP contribution in [0.1, 0.15) is 142 Å². The second-order valence-electron chi connectivity index (χ2n) is 12.9. The van der Waals surface area contributed by atoms with Gasteiger partial charge < -0.3 is 20.1 Å². The predicted molar refractivity (Wildman–Crippen MR) is 219 cm³/mol. The molecule has 0 aromatic heterocycles. The molecule has 0 aliphatic heterocycles. The van der Waals surface area contributed by atoms with Crippen molar-refractivity contribution in [3.8, 4) is 0 Å². The zero-order valence-electron chi connectivity index (χ0n) is 32.9. The van der Waals surface area contributed by atoms with Crippen molar-refractivity contribution in [1.82, 2.24) is 5.32 Å². The third kappa shape index (κ3) is 40.2. The Morgan fingerprint density at radius 2 is 1.09 bits per heavy atom. The minimum Gasteiger partial charge on any atom is -0.463 e. The van der Waals surface area contributed by atoms with Gasteiger partial charge in [-0.25, -0.2) is 4.57 Å². The quantitative estimate of drug-likeness (QED) is 0.0249. The molecule has 0 heterocycles. The average molecular weight is 762 g/mol. The van der Waals surface area contributed by atoms with E-state index in [9.17, 15) is 24.2 Å². The molecule has 0 spiro atoms. The standard InChI is InChI=1S/C43H72NO8P/c1-3-5-7-9-11-13-15-17-19-20-22-23-25-27-29-31-33-35-42(46)44-37-38-51-53(48,49)52-40-41(45)39-50-43(47)36-34-32-30-28-26-24-21-18-16-14-12-10-8-6-4-2/h6,8,11-14,17-19,21-23,27,29,41,45H,3-5,7,9-10,15-16,20,24-26,28,30-40H2,1-2H3,(H,44,46)(H,48,49)/b8-6-,13-11-,14-12-,19-17-,21-18-,23-22-,29-27-. The first-order valence-corrected chi connectivity index (χ1v) is 21.6. The fourth-order valence-electron chi connectivity index (χ4n) is 4.80. The molecule has 0 saturated carbocycles. The van der Waals surface area contributed by atoms with Gasteiger partial charge in [-0.1, -0.05) is 131 Å². The SMILES string of the molecule is CC/C=C\C/C=C\C/C=C\CCCCCCCC(=O)OCC(O)COP(=O)(O)OCCNC(=O)CCC/C=C\C/C=C\C/C=C\C/C=C\CCCCC. The average Bonchev–Trinajstić information content (AvgIpc) is 3.14. The van der Waals surface area contributed by atoms with Gasteiger partial charge in [-0.05, 0) is 83.5 Å². The molecule has 2 atom stereocenters. The van der Waals surface area contributed by atoms with Crippen LogP contribution in [-0.4, -0.2) is 54.3 Å². The first-order chi connectivity index (χ1) is 25.8. The van der Waals surface area contributed by atoms with Crippen molar-refractivity contribution in [2.75, 3.05) is 26.4 Å². The van der Waals surface area contributed by atoms with Crippen molar-refractivity contribution in [1.29, 1.82) is 0 Å². The molecule has 0 saturated heterocycles. The lowest BCUT2D eigenvalue weighted by Gasteiger charge is -2.15. The third-order valence-electron chi connectivity index (χ3n) is 7.81. The first kappa shape index (κ1) is 50.2. The minimum atomic E-state index is -4.44. The van der Waals surface area contributed by atoms with Crippen molar-refractivity contribution in [3.05, 3.63) is 85.1 Å². The van der Waals surface area contributed by atoms with Gasteiger partial charge in [0.1, 0.15) is 12.7 Å². The number of carbonyl (C=O) groups excluding carboxylic acids is 2. The number of amides is 1. The van der Waals surface area contributed by atoms with E-state index in [1.807, 2.05) is 0 Å². The third-order valence-corrected chi connectivity index (χ3v) is 8.79. The van der Waals surface area contributed by atoms with Gasteiger partial charge in [0.25, 0.3) is 0 Å². The van der Waals surface area contributed by atoms with Crippen molar-refractivity contribution >= 4 is 19.7 Å². The molecule has 3 N–H and O–H groups in total. The van der Waals surface area contributed by atoms with Gasteiger partial charge in [-0.15, -0.1) is 0 Å². The molecule has 53 heavy (non-hydrogen) atoms. The summed E-state index contributed by atoms with van der Waals surface area (Å²) in [7, 11) is -4.44. The molecule has 0 aliphatic rings. The van der Waals surface area contributed by atoms with Crippen molar-refractivity contribution in [3.63, 3.8) is 0 Å². The second-order valence-corrected chi connectivity index (χ2v) is 14.3. The molecule has 0 aromatic rings. The summed E-state index contributed by atoms with van der Waals surface area (Å²) in [5, 5.41) is 12.6. The summed E-state index contributed by atoms with van der Waals surface area (Å²) in [5.74, 6) is -0.600. The highest BCUT2D eigenvalue weighted by molar-refractivity contribution is 7.47. The fourth-order valence-corrected chi connectivity index (χ4v) is 5.55. The number of nitrogens with one attached hydrogen (secondary N) is 1. The van der Waals surface area contributed by atoms with Crippen molar-refractivity contribution in [2.24, 2.45) is 0 Å². The van der Waals surface area contributed by atoms with Gasteiger partial charge >= 0.3 is 13.8 Å². The molecule has 10 heteroatoms. The van der Waals surface area contributed by atoms with Crippen LogP contribution in [0, 0.1) is 0 Å². The van der Waals surface area contributed by atoms with Crippen LogP contribution in [0.4, 0.5) is 0 Å². The number of hydrogen-bond acceptors (Lipinski definition) is 7. The van der Waals surface area contributed by atoms with E-state index >= 15 is 0 Å². The highest BCUT2D eigenvalue weighted by atomic mass is 31.2. The Morgan fingerprint density at radius 3 is 1.66 bits per heavy atom. The van der Waals surface area contributed by atoms with Crippen molar-refractivity contribution < 1.29 is 37.9 Å². The van der Waals surface area contributed by atoms with Crippen LogP contribution >= 0.6 is 7.82 Å². The van der Waals surface area contributed by atoms with E-state index in [2.05, 4.69) is 104 Å². The number of phosphoric ester groups is 1. The lowest BCUT2D eigenvalue weighted by atomic mass is 10.1. The van der Waals surface area contributed by atoms with Crippen LogP contribution in [-0.2, 0) is 27.9 Å². The Bertz CT molecular complexity index is 1140. The highest BCUT2D eigenvalue weighted by Gasteiger charge is 2.23. The molecule has 0 aliphatic carbocycles. The molecule has 0 radical (unpaired) electrons. The van der Waals surface area contributed by atoms with E-state index in [1.54, 1.807) is 0 Å². The van der Waals surface area contributed by atoms with E-state index < -0.39 is 26.5 Å². The van der Waals surface area contributed by atoms with Gasteiger partial charge in [0.2, 0.25) is 5.91 Å². The molecule has 0 rings (SSSR count). The van der Waals surface area contributed by atoms with Crippen LogP contribution in [0.5, 0.6) is 0 Å². The first-order valence-electron chi connectivity index (χ1n) is 20.1. The number of aliphatic hydroxyl groups is 1. The number of unbranched alkanes of at least 4 members (excludes halogenated alkanes) is 9. The monoisotopic (exact) mass is 761 g/mol. The van der Waals surface area contributed by atoms with E-state index in [-0.39, 0.29) is 32.1 Å². The van der Waals surface area contributed by atoms with Crippen LogP contribution in [0.15, 0.2) is 85.1 Å². The zero-order chi connectivity index (χ0) is 38.9. The summed E-state index contributed by atoms with van der Waals surface area (Å²) < 4.78 is 26.8. The molecule has 302 valence electrons. The van der Waals surface area contributed by atoms with E-state index in [1.165, 1.54) is 25.7 Å². The normalized spacial score (nSPS) is 14.3. The maximum Gasteiger partial charge on any atom is 0.472 e. The smallest absolute Gasteiger partial charge is 0.463 e. The Kier molecular flexibility index (Phi) is 36.8. The number of hydrogen-bond donors (Lipinski definition) is 3. The molecule has 9 nitrogen and oxygen atoms in total. The molecule has 2 unspecified atom stereocenters. The summed E-state index contributed by atoms with van der Waals surface area (Å²) in [6, 6.07) is 0. The maximum absolute atomic E-state index is 12.1. The molecule has 0 fully saturated rings. The number of rotatable bonds is 36. The van der Waals surface area contributed by atoms with Crippen LogP contribution < -0.4 is 5.32 Å². The van der Waals surface area contributed by atoms with Crippen molar-refractivity contribution in [2.45, 2.75) is 148 Å². The van der Waals surface area contributed by atoms with Gasteiger partial charge in [0, 0.05) is 19.4 Å². The fraction of sp³-hybridized carbons (Fsp3) is 0.628. The summed E-state index contributed by atoms with van der Waals surface area (Å²) in [6.45, 7) is 3.29. The largest absolute Gasteiger partial charge is 0.472 e. The van der Waals surface area contributed by atoms with Gasteiger partial charge in [-0.3, -0.25) is 18.6 Å². The number of aliphatic hydroxyl groups excluding tert-OH is 1. The van der Waals surface area contributed by atoms with Gasteiger partial charge in [-0.2, -0.15) is 0 Å². The van der Waals surface area contributed by atoms with E-state index in [0.29, 0.717) is 19.3 Å². The maximum atomic E-state index is 12.1. The Balaban J connectivity index is 3.74. The molecule has 0 aromatic carbocycles. The molecule has 1 amide bonds. The topological polar surface area (TPSA) is 131 Å². The Hall–Kier alpha value is -2.81. The molecular formula is C43H72NO8P. The number of phosphoric acid groups is 1. The summed E-state index contributed by atoms with van der Waals surface area (Å²) in [5.41, 5.74) is 0. The van der Waals surface area contributed by atoms with Gasteiger partial charge in [0.05, 0.1) is 13.2 Å². The number of esters is 1. The van der Waals surface area contributed by atoms with Crippen LogP contribution in [0.25, 0.3) is 0 Å². The van der Waals surface area contributed by atoms with Gasteiger partial charge in [0.15, 0.2) is 0 Å². The lowest BCUT2D eigenvalue weighted by molar-refractivity contribution is -0.147. The molecular weight excluding hydrogens is 689 g/mol. The number of carbonyl (C=O) groups is 2. The second kappa shape index (κ2) is 38.9. The predicted octanol–water partition coefficient (Wildman–Crippen LogP) is 10.9. The lowest BCUT2D eigenvalue weighted by Crippen LogP contribution is -2.27. The summed E-state index contributed by atoms with van der Waals surface area (Å²) in [4.78, 5) is 33.8. The number of ether oxygens (including phenoxy) is 1. The van der Waals surface area contributed by atoms with Crippen LogP contribution in [0.2, 0.25) is 0 Å². The summed E-state index contributed by atoms with van der Waals surface area (Å²) >= 11 is 0. The zero-order valence-corrected chi connectivity index (χ0v) is 33.8. The Labute approximate surface area is 322 Å². The van der Waals surface area contributed by atoms with E-state index in [0.717, 1.165) is 77.0 Å². The van der Waals surface area contributed by atoms with E-state index in [4.69, 9.17) is 13.8 Å². The Morgan fingerprint density at radius 1 is 0.604 bits per heavy atom. The minimum absolute atomic E-state index is 0.0454. The highest BCUT2D eigenvalue weighted by Crippen LogP contribution is 2.42. The summed E-state index contributed by atoms with van der Waals surface area (Å²) in [6.07, 6.45) is 48.0. The molecule has 0 bridgehead atoms. The number of allylic oxidation sites excluding steroid dienone is 14.